The first-order chi connectivity index (χ1) is 10.8. The van der Waals surface area contributed by atoms with Crippen molar-refractivity contribution in [3.05, 3.63) is 58.1 Å². The zero-order chi connectivity index (χ0) is 17.0. The Kier molecular flexibility index (Phi) is 5.84. The molecule has 0 aliphatic rings. The van der Waals surface area contributed by atoms with E-state index in [1.807, 2.05) is 32.0 Å². The Hall–Kier alpha value is -1.37. The predicted octanol–water partition coefficient (Wildman–Crippen LogP) is 3.81. The van der Waals surface area contributed by atoms with Gasteiger partial charge in [-0.15, -0.1) is 0 Å². The minimum Gasteiger partial charge on any atom is -0.491 e. The normalized spacial score (nSPS) is 12.9. The van der Waals surface area contributed by atoms with Crippen LogP contribution in [0.25, 0.3) is 0 Å². The first kappa shape index (κ1) is 18.0. The molecule has 0 radical (unpaired) electrons. The van der Waals surface area contributed by atoms with E-state index in [1.54, 1.807) is 31.2 Å². The molecule has 0 amide bonds. The molecule has 2 rings (SSSR count). The molecule has 23 heavy (non-hydrogen) atoms. The van der Waals surface area contributed by atoms with Crippen molar-refractivity contribution in [1.82, 2.24) is 4.72 Å². The number of hydrogen-bond acceptors (Lipinski definition) is 3. The average Bonchev–Trinajstić information content (AvgIpc) is 2.46. The molecule has 2 aromatic carbocycles. The summed E-state index contributed by atoms with van der Waals surface area (Å²) in [6.45, 7) is 5.99. The zero-order valence-corrected chi connectivity index (χ0v) is 15.7. The maximum absolute atomic E-state index is 12.3. The Morgan fingerprint density at radius 3 is 2.22 bits per heavy atom. The van der Waals surface area contributed by atoms with Gasteiger partial charge < -0.3 is 4.74 Å². The minimum absolute atomic E-state index is 0.236. The maximum Gasteiger partial charge on any atom is 0.240 e. The van der Waals surface area contributed by atoms with Gasteiger partial charge in [-0.2, -0.15) is 0 Å². The van der Waals surface area contributed by atoms with E-state index in [0.29, 0.717) is 0 Å². The lowest BCUT2D eigenvalue weighted by Gasteiger charge is -2.17. The molecule has 2 aromatic rings. The van der Waals surface area contributed by atoms with Crippen LogP contribution in [0.3, 0.4) is 0 Å². The highest BCUT2D eigenvalue weighted by Gasteiger charge is 2.18. The summed E-state index contributed by atoms with van der Waals surface area (Å²) in [6, 6.07) is 12.1. The molecule has 0 saturated carbocycles. The molecule has 1 N–H and O–H groups in total. The van der Waals surface area contributed by atoms with Gasteiger partial charge in [-0.05, 0) is 56.2 Å². The number of sulfonamides is 1. The summed E-state index contributed by atoms with van der Waals surface area (Å²) < 4.78 is 33.9. The molecule has 0 heterocycles. The van der Waals surface area contributed by atoms with Crippen LogP contribution in [0.5, 0.6) is 5.75 Å². The molecule has 124 valence electrons. The van der Waals surface area contributed by atoms with Gasteiger partial charge in [0.2, 0.25) is 10.0 Å². The Morgan fingerprint density at radius 1 is 1.09 bits per heavy atom. The second kappa shape index (κ2) is 7.47. The van der Waals surface area contributed by atoms with Crippen LogP contribution in [0.2, 0.25) is 0 Å². The molecule has 0 spiro atoms. The predicted molar refractivity (Wildman–Crippen MR) is 95.3 cm³/mol. The molecule has 6 heteroatoms. The first-order valence-corrected chi connectivity index (χ1v) is 9.54. The number of halogens is 1. The average molecular weight is 398 g/mol. The summed E-state index contributed by atoms with van der Waals surface area (Å²) in [7, 11) is -3.55. The first-order valence-electron chi connectivity index (χ1n) is 7.26. The summed E-state index contributed by atoms with van der Waals surface area (Å²) in [5, 5.41) is 0. The lowest BCUT2D eigenvalue weighted by atomic mass is 10.1. The Balaban J connectivity index is 2.01. The number of rotatable bonds is 6. The second-order valence-electron chi connectivity index (χ2n) is 5.51. The standard InChI is InChI=1S/C17H20BrNO3S/c1-12-5-4-6-13(2)17(12)22-11-14(3)19-23(20,21)16-9-7-15(18)8-10-16/h4-10,14,19H,11H2,1-3H3. The second-order valence-corrected chi connectivity index (χ2v) is 8.14. The van der Waals surface area contributed by atoms with Crippen LogP contribution in [-0.2, 0) is 10.0 Å². The number of benzene rings is 2. The smallest absolute Gasteiger partial charge is 0.240 e. The van der Waals surface area contributed by atoms with Crippen LogP contribution in [-0.4, -0.2) is 21.1 Å². The van der Waals surface area contributed by atoms with Gasteiger partial charge in [-0.3, -0.25) is 0 Å². The summed E-state index contributed by atoms with van der Waals surface area (Å²) in [5.74, 6) is 0.808. The molecule has 0 bridgehead atoms. The van der Waals surface area contributed by atoms with Crippen LogP contribution in [0.4, 0.5) is 0 Å². The number of para-hydroxylation sites is 1. The molecule has 0 aliphatic carbocycles. The van der Waals surface area contributed by atoms with Gasteiger partial charge in [-0.25, -0.2) is 13.1 Å². The fourth-order valence-corrected chi connectivity index (χ4v) is 3.71. The van der Waals surface area contributed by atoms with Crippen molar-refractivity contribution in [3.63, 3.8) is 0 Å². The van der Waals surface area contributed by atoms with E-state index in [9.17, 15) is 8.42 Å². The summed E-state index contributed by atoms with van der Waals surface area (Å²) in [5.41, 5.74) is 2.07. The van der Waals surface area contributed by atoms with E-state index < -0.39 is 10.0 Å². The van der Waals surface area contributed by atoms with Gasteiger partial charge in [0, 0.05) is 4.47 Å². The summed E-state index contributed by atoms with van der Waals surface area (Å²) in [4.78, 5) is 0.236. The highest BCUT2D eigenvalue weighted by Crippen LogP contribution is 2.22. The maximum atomic E-state index is 12.3. The Bertz CT molecular complexity index is 753. The highest BCUT2D eigenvalue weighted by atomic mass is 79.9. The topological polar surface area (TPSA) is 55.4 Å². The molecule has 0 aliphatic heterocycles. The van der Waals surface area contributed by atoms with E-state index in [1.165, 1.54) is 0 Å². The van der Waals surface area contributed by atoms with E-state index in [4.69, 9.17) is 4.74 Å². The third-order valence-electron chi connectivity index (χ3n) is 3.37. The third kappa shape index (κ3) is 4.80. The fourth-order valence-electron chi connectivity index (χ4n) is 2.22. The molecule has 0 saturated heterocycles. The quantitative estimate of drug-likeness (QED) is 0.805. The van der Waals surface area contributed by atoms with Crippen LogP contribution in [0.1, 0.15) is 18.1 Å². The molecule has 0 fully saturated rings. The molecular formula is C17H20BrNO3S. The molecule has 0 aromatic heterocycles. The summed E-state index contributed by atoms with van der Waals surface area (Å²) >= 11 is 3.29. The van der Waals surface area contributed by atoms with Crippen molar-refractivity contribution in [2.24, 2.45) is 0 Å². The van der Waals surface area contributed by atoms with Gasteiger partial charge in [0.05, 0.1) is 10.9 Å². The van der Waals surface area contributed by atoms with E-state index in [-0.39, 0.29) is 17.5 Å². The molecule has 1 atom stereocenters. The van der Waals surface area contributed by atoms with Crippen LogP contribution in [0.15, 0.2) is 51.8 Å². The highest BCUT2D eigenvalue weighted by molar-refractivity contribution is 9.10. The fraction of sp³-hybridized carbons (Fsp3) is 0.294. The molecule has 4 nitrogen and oxygen atoms in total. The third-order valence-corrected chi connectivity index (χ3v) is 5.50. The van der Waals surface area contributed by atoms with Crippen LogP contribution in [0, 0.1) is 13.8 Å². The number of ether oxygens (including phenoxy) is 1. The van der Waals surface area contributed by atoms with Crippen molar-refractivity contribution >= 4 is 26.0 Å². The van der Waals surface area contributed by atoms with E-state index in [0.717, 1.165) is 21.3 Å². The van der Waals surface area contributed by atoms with E-state index >= 15 is 0 Å². The summed E-state index contributed by atoms with van der Waals surface area (Å²) in [6.07, 6.45) is 0. The number of hydrogen-bond donors (Lipinski definition) is 1. The lowest BCUT2D eigenvalue weighted by Crippen LogP contribution is -2.36. The largest absolute Gasteiger partial charge is 0.491 e. The van der Waals surface area contributed by atoms with Crippen LogP contribution >= 0.6 is 15.9 Å². The minimum atomic E-state index is -3.55. The van der Waals surface area contributed by atoms with E-state index in [2.05, 4.69) is 20.7 Å². The van der Waals surface area contributed by atoms with Crippen molar-refractivity contribution in [3.8, 4) is 5.75 Å². The Morgan fingerprint density at radius 2 is 1.65 bits per heavy atom. The lowest BCUT2D eigenvalue weighted by molar-refractivity contribution is 0.284. The van der Waals surface area contributed by atoms with Crippen molar-refractivity contribution < 1.29 is 13.2 Å². The van der Waals surface area contributed by atoms with Gasteiger partial charge in [0.1, 0.15) is 12.4 Å². The van der Waals surface area contributed by atoms with Crippen LogP contribution < -0.4 is 9.46 Å². The SMILES string of the molecule is Cc1cccc(C)c1OCC(C)NS(=O)(=O)c1ccc(Br)cc1. The molecular weight excluding hydrogens is 378 g/mol. The number of aryl methyl sites for hydroxylation is 2. The van der Waals surface area contributed by atoms with Gasteiger partial charge >= 0.3 is 0 Å². The van der Waals surface area contributed by atoms with Crippen molar-refractivity contribution in [2.45, 2.75) is 31.7 Å². The van der Waals surface area contributed by atoms with Gasteiger partial charge in [0.25, 0.3) is 0 Å². The monoisotopic (exact) mass is 397 g/mol. The number of nitrogens with one attached hydrogen (secondary N) is 1. The van der Waals surface area contributed by atoms with Gasteiger partial charge in [-0.1, -0.05) is 34.1 Å². The molecule has 1 unspecified atom stereocenters. The van der Waals surface area contributed by atoms with Crippen molar-refractivity contribution in [2.75, 3.05) is 6.61 Å². The van der Waals surface area contributed by atoms with Gasteiger partial charge in [0.15, 0.2) is 0 Å². The van der Waals surface area contributed by atoms with Crippen molar-refractivity contribution in [1.29, 1.82) is 0 Å². The Labute approximate surface area is 146 Å². The zero-order valence-electron chi connectivity index (χ0n) is 13.3.